The molecule has 2 heteroatoms. The zero-order valence-corrected chi connectivity index (χ0v) is 9.47. The average molecular weight is 198 g/mol. The number of hydrogen-bond donors (Lipinski definition) is 0. The van der Waals surface area contributed by atoms with Crippen molar-refractivity contribution in [2.45, 2.75) is 52.4 Å². The van der Waals surface area contributed by atoms with Gasteiger partial charge in [0.2, 0.25) is 0 Å². The molecule has 0 rings (SSSR count). The van der Waals surface area contributed by atoms with E-state index in [-0.39, 0.29) is 5.97 Å². The van der Waals surface area contributed by atoms with Crippen molar-refractivity contribution in [1.82, 2.24) is 0 Å². The minimum absolute atomic E-state index is 0.0673. The van der Waals surface area contributed by atoms with Crippen LogP contribution in [-0.4, -0.2) is 12.6 Å². The average Bonchev–Trinajstić information content (AvgIpc) is 2.12. The molecule has 0 aliphatic carbocycles. The van der Waals surface area contributed by atoms with E-state index in [0.29, 0.717) is 13.0 Å². The highest BCUT2D eigenvalue weighted by molar-refractivity contribution is 5.69. The molecule has 0 aromatic carbocycles. The second-order valence-electron chi connectivity index (χ2n) is 3.74. The fraction of sp³-hybridized carbons (Fsp3) is 0.750. The van der Waals surface area contributed by atoms with Crippen LogP contribution < -0.4 is 0 Å². The van der Waals surface area contributed by atoms with Gasteiger partial charge in [-0.3, -0.25) is 4.79 Å². The predicted molar refractivity (Wildman–Crippen MR) is 59.1 cm³/mol. The summed E-state index contributed by atoms with van der Waals surface area (Å²) in [5, 5.41) is 0. The van der Waals surface area contributed by atoms with E-state index in [1.165, 1.54) is 12.8 Å². The van der Waals surface area contributed by atoms with Crippen LogP contribution in [0.25, 0.3) is 0 Å². The van der Waals surface area contributed by atoms with E-state index in [1.54, 1.807) is 0 Å². The van der Waals surface area contributed by atoms with Crippen molar-refractivity contribution < 1.29 is 9.53 Å². The molecule has 0 amide bonds. The lowest BCUT2D eigenvalue weighted by molar-refractivity contribution is -0.143. The Bertz CT molecular complexity index is 173. The van der Waals surface area contributed by atoms with Gasteiger partial charge in [0, 0.05) is 12.8 Å². The fourth-order valence-corrected chi connectivity index (χ4v) is 1.11. The van der Waals surface area contributed by atoms with Crippen molar-refractivity contribution >= 4 is 5.97 Å². The Morgan fingerprint density at radius 1 is 1.21 bits per heavy atom. The van der Waals surface area contributed by atoms with Gasteiger partial charge in [-0.05, 0) is 13.3 Å². The monoisotopic (exact) mass is 198 g/mol. The molecule has 0 saturated heterocycles. The Hall–Kier alpha value is -0.790. The van der Waals surface area contributed by atoms with Gasteiger partial charge < -0.3 is 4.74 Å². The van der Waals surface area contributed by atoms with Crippen molar-refractivity contribution in [3.8, 4) is 0 Å². The Morgan fingerprint density at radius 3 is 2.50 bits per heavy atom. The Balaban J connectivity index is 3.24. The van der Waals surface area contributed by atoms with Gasteiger partial charge >= 0.3 is 5.97 Å². The zero-order valence-electron chi connectivity index (χ0n) is 9.47. The molecule has 0 aromatic rings. The highest BCUT2D eigenvalue weighted by Gasteiger charge is 2.01. The maximum Gasteiger partial charge on any atom is 0.305 e. The van der Waals surface area contributed by atoms with E-state index >= 15 is 0 Å². The summed E-state index contributed by atoms with van der Waals surface area (Å²) in [6, 6.07) is 0. The predicted octanol–water partition coefficient (Wildman–Crippen LogP) is 3.47. The van der Waals surface area contributed by atoms with Crippen LogP contribution in [0.1, 0.15) is 52.4 Å². The van der Waals surface area contributed by atoms with Crippen LogP contribution in [0.3, 0.4) is 0 Å². The first kappa shape index (κ1) is 13.2. The van der Waals surface area contributed by atoms with Crippen molar-refractivity contribution in [2.75, 3.05) is 6.61 Å². The summed E-state index contributed by atoms with van der Waals surface area (Å²) < 4.78 is 5.03. The topological polar surface area (TPSA) is 26.3 Å². The van der Waals surface area contributed by atoms with Gasteiger partial charge in [0.1, 0.15) is 0 Å². The standard InChI is InChI=1S/C12H22O2/c1-4-5-6-7-8-12(13)14-10-9-11(2)3/h2,4-10H2,1,3H3. The van der Waals surface area contributed by atoms with E-state index < -0.39 is 0 Å². The van der Waals surface area contributed by atoms with Gasteiger partial charge in [0.25, 0.3) is 0 Å². The first-order chi connectivity index (χ1) is 6.66. The summed E-state index contributed by atoms with van der Waals surface area (Å²) in [6.45, 7) is 8.33. The largest absolute Gasteiger partial charge is 0.465 e. The van der Waals surface area contributed by atoms with Gasteiger partial charge in [0.15, 0.2) is 0 Å². The van der Waals surface area contributed by atoms with Crippen LogP contribution in [0.4, 0.5) is 0 Å². The van der Waals surface area contributed by atoms with Gasteiger partial charge in [-0.25, -0.2) is 0 Å². The van der Waals surface area contributed by atoms with E-state index in [1.807, 2.05) is 6.92 Å². The summed E-state index contributed by atoms with van der Waals surface area (Å²) >= 11 is 0. The summed E-state index contributed by atoms with van der Waals surface area (Å²) in [4.78, 5) is 11.1. The highest BCUT2D eigenvalue weighted by atomic mass is 16.5. The normalized spacial score (nSPS) is 9.86. The van der Waals surface area contributed by atoms with Crippen molar-refractivity contribution in [3.05, 3.63) is 12.2 Å². The van der Waals surface area contributed by atoms with E-state index in [0.717, 1.165) is 24.8 Å². The van der Waals surface area contributed by atoms with Gasteiger partial charge in [-0.1, -0.05) is 31.8 Å². The summed E-state index contributed by atoms with van der Waals surface area (Å²) in [5.41, 5.74) is 1.06. The minimum Gasteiger partial charge on any atom is -0.465 e. The van der Waals surface area contributed by atoms with Crippen LogP contribution in [0.5, 0.6) is 0 Å². The van der Waals surface area contributed by atoms with Crippen LogP contribution in [0.2, 0.25) is 0 Å². The number of unbranched alkanes of at least 4 members (excludes halogenated alkanes) is 3. The molecular formula is C12H22O2. The lowest BCUT2D eigenvalue weighted by Gasteiger charge is -2.04. The molecule has 0 saturated carbocycles. The number of rotatable bonds is 8. The first-order valence-corrected chi connectivity index (χ1v) is 5.46. The molecule has 0 N–H and O–H groups in total. The quantitative estimate of drug-likeness (QED) is 0.339. The van der Waals surface area contributed by atoms with Crippen molar-refractivity contribution in [3.63, 3.8) is 0 Å². The van der Waals surface area contributed by atoms with Crippen molar-refractivity contribution in [1.29, 1.82) is 0 Å². The summed E-state index contributed by atoms with van der Waals surface area (Å²) in [6.07, 6.45) is 5.84. The molecule has 0 radical (unpaired) electrons. The molecule has 0 atom stereocenters. The molecule has 0 spiro atoms. The molecule has 0 aliphatic rings. The van der Waals surface area contributed by atoms with Gasteiger partial charge in [0.05, 0.1) is 6.61 Å². The van der Waals surface area contributed by atoms with E-state index in [9.17, 15) is 4.79 Å². The van der Waals surface area contributed by atoms with Crippen LogP contribution >= 0.6 is 0 Å². The molecule has 0 fully saturated rings. The zero-order chi connectivity index (χ0) is 10.8. The molecule has 2 nitrogen and oxygen atoms in total. The molecule has 0 unspecified atom stereocenters. The van der Waals surface area contributed by atoms with Gasteiger partial charge in [-0.2, -0.15) is 0 Å². The summed E-state index contributed by atoms with van der Waals surface area (Å²) in [7, 11) is 0. The maximum atomic E-state index is 11.1. The van der Waals surface area contributed by atoms with Crippen LogP contribution in [-0.2, 0) is 9.53 Å². The van der Waals surface area contributed by atoms with E-state index in [4.69, 9.17) is 4.74 Å². The highest BCUT2D eigenvalue weighted by Crippen LogP contribution is 2.04. The minimum atomic E-state index is -0.0673. The van der Waals surface area contributed by atoms with Crippen LogP contribution in [0.15, 0.2) is 12.2 Å². The molecule has 82 valence electrons. The molecule has 0 aromatic heterocycles. The lowest BCUT2D eigenvalue weighted by atomic mass is 10.1. The smallest absolute Gasteiger partial charge is 0.305 e. The first-order valence-electron chi connectivity index (χ1n) is 5.46. The lowest BCUT2D eigenvalue weighted by Crippen LogP contribution is -2.05. The third kappa shape index (κ3) is 9.30. The molecule has 0 aliphatic heterocycles. The van der Waals surface area contributed by atoms with Crippen molar-refractivity contribution in [2.24, 2.45) is 0 Å². The number of esters is 1. The second kappa shape index (κ2) is 8.79. The Labute approximate surface area is 87.3 Å². The van der Waals surface area contributed by atoms with E-state index in [2.05, 4.69) is 13.5 Å². The number of carbonyl (C=O) groups excluding carboxylic acids is 1. The Morgan fingerprint density at radius 2 is 1.93 bits per heavy atom. The SMILES string of the molecule is C=C(C)CCOC(=O)CCCCCC. The third-order valence-corrected chi connectivity index (χ3v) is 2.03. The number of carbonyl (C=O) groups is 1. The number of ether oxygens (including phenoxy) is 1. The van der Waals surface area contributed by atoms with Gasteiger partial charge in [-0.15, -0.1) is 6.58 Å². The Kier molecular flexibility index (Phi) is 8.30. The van der Waals surface area contributed by atoms with Crippen LogP contribution in [0, 0.1) is 0 Å². The molecular weight excluding hydrogens is 176 g/mol. The molecule has 0 bridgehead atoms. The number of hydrogen-bond acceptors (Lipinski definition) is 2. The molecule has 0 heterocycles. The fourth-order valence-electron chi connectivity index (χ4n) is 1.11. The third-order valence-electron chi connectivity index (χ3n) is 2.03. The maximum absolute atomic E-state index is 11.1. The summed E-state index contributed by atoms with van der Waals surface area (Å²) in [5.74, 6) is -0.0673. The molecule has 14 heavy (non-hydrogen) atoms. The second-order valence-corrected chi connectivity index (χ2v) is 3.74.